The predicted octanol–water partition coefficient (Wildman–Crippen LogP) is 2.81. The number of benzene rings is 1. The lowest BCUT2D eigenvalue weighted by atomic mass is 10.1. The summed E-state index contributed by atoms with van der Waals surface area (Å²) in [4.78, 5) is 21.2. The van der Waals surface area contributed by atoms with E-state index >= 15 is 0 Å². The van der Waals surface area contributed by atoms with Crippen molar-refractivity contribution in [2.24, 2.45) is 0 Å². The number of aryl methyl sites for hydroxylation is 3. The maximum atomic E-state index is 12.6. The fourth-order valence-corrected chi connectivity index (χ4v) is 2.97. The maximum absolute atomic E-state index is 12.6. The highest BCUT2D eigenvalue weighted by atomic mass is 16.4. The van der Waals surface area contributed by atoms with Crippen LogP contribution in [-0.4, -0.2) is 46.9 Å². The smallest absolute Gasteiger partial charge is 0.253 e. The lowest BCUT2D eigenvalue weighted by molar-refractivity contribution is 0.0618. The Hall–Kier alpha value is -2.14. The van der Waals surface area contributed by atoms with Gasteiger partial charge in [0, 0.05) is 31.7 Å². The molecular formula is C19H25N3O2. The molecule has 0 radical (unpaired) electrons. The van der Waals surface area contributed by atoms with Crippen molar-refractivity contribution in [2.75, 3.05) is 26.2 Å². The standard InChI is InChI=1S/C19H25N3O2/c1-4-16-5-7-17(8-6-16)19(23)22-11-9-21(10-12-22)13-18-20-14(2)15(3)24-18/h5-8H,4,9-13H2,1-3H3. The zero-order chi connectivity index (χ0) is 17.1. The molecule has 5 heteroatoms. The molecule has 5 nitrogen and oxygen atoms in total. The topological polar surface area (TPSA) is 49.6 Å². The summed E-state index contributed by atoms with van der Waals surface area (Å²) in [7, 11) is 0. The monoisotopic (exact) mass is 327 g/mol. The second-order valence-corrected chi connectivity index (χ2v) is 6.37. The van der Waals surface area contributed by atoms with Gasteiger partial charge in [-0.2, -0.15) is 0 Å². The van der Waals surface area contributed by atoms with Gasteiger partial charge >= 0.3 is 0 Å². The molecule has 0 N–H and O–H groups in total. The van der Waals surface area contributed by atoms with Gasteiger partial charge in [-0.25, -0.2) is 4.98 Å². The molecule has 24 heavy (non-hydrogen) atoms. The molecule has 1 aromatic carbocycles. The van der Waals surface area contributed by atoms with Crippen LogP contribution >= 0.6 is 0 Å². The Kier molecular flexibility index (Phi) is 5.00. The molecule has 1 aliphatic heterocycles. The van der Waals surface area contributed by atoms with E-state index in [0.29, 0.717) is 6.54 Å². The highest BCUT2D eigenvalue weighted by Gasteiger charge is 2.23. The van der Waals surface area contributed by atoms with Crippen LogP contribution in [0.3, 0.4) is 0 Å². The summed E-state index contributed by atoms with van der Waals surface area (Å²) in [6.45, 7) is 9.91. The van der Waals surface area contributed by atoms with E-state index in [1.807, 2.05) is 43.0 Å². The molecule has 2 heterocycles. The van der Waals surface area contributed by atoms with E-state index in [2.05, 4.69) is 16.8 Å². The number of aromatic nitrogens is 1. The third-order valence-electron chi connectivity index (χ3n) is 4.70. The molecule has 1 aromatic heterocycles. The first-order valence-electron chi connectivity index (χ1n) is 8.60. The van der Waals surface area contributed by atoms with Crippen LogP contribution in [-0.2, 0) is 13.0 Å². The fraction of sp³-hybridized carbons (Fsp3) is 0.474. The number of hydrogen-bond donors (Lipinski definition) is 0. The van der Waals surface area contributed by atoms with Crippen molar-refractivity contribution in [2.45, 2.75) is 33.7 Å². The Bertz CT molecular complexity index is 678. The van der Waals surface area contributed by atoms with E-state index < -0.39 is 0 Å². The van der Waals surface area contributed by atoms with Crippen molar-refractivity contribution in [3.63, 3.8) is 0 Å². The number of carbonyl (C=O) groups excluding carboxylic acids is 1. The van der Waals surface area contributed by atoms with E-state index in [1.165, 1.54) is 5.56 Å². The molecule has 1 aliphatic rings. The molecule has 0 aliphatic carbocycles. The average Bonchev–Trinajstić information content (AvgIpc) is 2.92. The first kappa shape index (κ1) is 16.7. The Morgan fingerprint density at radius 2 is 1.79 bits per heavy atom. The third kappa shape index (κ3) is 3.67. The Morgan fingerprint density at radius 1 is 1.12 bits per heavy atom. The van der Waals surface area contributed by atoms with Gasteiger partial charge in [-0.05, 0) is 38.0 Å². The molecule has 0 bridgehead atoms. The number of amides is 1. The zero-order valence-electron chi connectivity index (χ0n) is 14.7. The van der Waals surface area contributed by atoms with Gasteiger partial charge in [0.1, 0.15) is 5.76 Å². The van der Waals surface area contributed by atoms with E-state index in [0.717, 1.165) is 55.5 Å². The van der Waals surface area contributed by atoms with E-state index in [9.17, 15) is 4.79 Å². The summed E-state index contributed by atoms with van der Waals surface area (Å²) < 4.78 is 5.65. The zero-order valence-corrected chi connectivity index (χ0v) is 14.7. The van der Waals surface area contributed by atoms with Crippen LogP contribution in [0.2, 0.25) is 0 Å². The first-order valence-corrected chi connectivity index (χ1v) is 8.60. The van der Waals surface area contributed by atoms with Crippen molar-refractivity contribution in [1.82, 2.24) is 14.8 Å². The minimum Gasteiger partial charge on any atom is -0.444 e. The van der Waals surface area contributed by atoms with Crippen molar-refractivity contribution in [3.8, 4) is 0 Å². The molecule has 0 atom stereocenters. The molecule has 0 unspecified atom stereocenters. The minimum atomic E-state index is 0.125. The van der Waals surface area contributed by atoms with Crippen LogP contribution in [0, 0.1) is 13.8 Å². The summed E-state index contributed by atoms with van der Waals surface area (Å²) in [5.41, 5.74) is 2.99. The number of rotatable bonds is 4. The highest BCUT2D eigenvalue weighted by molar-refractivity contribution is 5.94. The SMILES string of the molecule is CCc1ccc(C(=O)N2CCN(Cc3nc(C)c(C)o3)CC2)cc1. The Morgan fingerprint density at radius 3 is 2.33 bits per heavy atom. The predicted molar refractivity (Wildman–Crippen MR) is 93.0 cm³/mol. The lowest BCUT2D eigenvalue weighted by Crippen LogP contribution is -2.48. The summed E-state index contributed by atoms with van der Waals surface area (Å²) in [5.74, 6) is 1.77. The molecule has 128 valence electrons. The summed E-state index contributed by atoms with van der Waals surface area (Å²) in [6.07, 6.45) is 0.993. The van der Waals surface area contributed by atoms with Crippen LogP contribution in [0.4, 0.5) is 0 Å². The summed E-state index contributed by atoms with van der Waals surface area (Å²) in [6, 6.07) is 7.95. The molecular weight excluding hydrogens is 302 g/mol. The molecule has 3 rings (SSSR count). The third-order valence-corrected chi connectivity index (χ3v) is 4.70. The summed E-state index contributed by atoms with van der Waals surface area (Å²) in [5, 5.41) is 0. The number of piperazine rings is 1. The quantitative estimate of drug-likeness (QED) is 0.866. The molecule has 0 spiro atoms. The van der Waals surface area contributed by atoms with Crippen molar-refractivity contribution < 1.29 is 9.21 Å². The fourth-order valence-electron chi connectivity index (χ4n) is 2.97. The van der Waals surface area contributed by atoms with Gasteiger partial charge in [-0.15, -0.1) is 0 Å². The van der Waals surface area contributed by atoms with Gasteiger partial charge in [0.05, 0.1) is 12.2 Å². The van der Waals surface area contributed by atoms with Crippen LogP contribution in [0.1, 0.15) is 40.2 Å². The molecule has 1 saturated heterocycles. The molecule has 2 aromatic rings. The van der Waals surface area contributed by atoms with Gasteiger partial charge in [0.15, 0.2) is 0 Å². The number of oxazole rings is 1. The van der Waals surface area contributed by atoms with Crippen molar-refractivity contribution >= 4 is 5.91 Å². The maximum Gasteiger partial charge on any atom is 0.253 e. The number of carbonyl (C=O) groups is 1. The normalized spacial score (nSPS) is 15.7. The Balaban J connectivity index is 1.54. The van der Waals surface area contributed by atoms with E-state index in [4.69, 9.17) is 4.42 Å². The average molecular weight is 327 g/mol. The van der Waals surface area contributed by atoms with Crippen molar-refractivity contribution in [1.29, 1.82) is 0 Å². The van der Waals surface area contributed by atoms with Crippen LogP contribution in [0.25, 0.3) is 0 Å². The van der Waals surface area contributed by atoms with Gasteiger partial charge < -0.3 is 9.32 Å². The largest absolute Gasteiger partial charge is 0.444 e. The van der Waals surface area contributed by atoms with Gasteiger partial charge in [-0.1, -0.05) is 19.1 Å². The van der Waals surface area contributed by atoms with Crippen molar-refractivity contribution in [3.05, 3.63) is 52.7 Å². The Labute approximate surface area is 143 Å². The molecule has 1 fully saturated rings. The van der Waals surface area contributed by atoms with E-state index in [1.54, 1.807) is 0 Å². The van der Waals surface area contributed by atoms with Gasteiger partial charge in [-0.3, -0.25) is 9.69 Å². The van der Waals surface area contributed by atoms with Gasteiger partial charge in [0.25, 0.3) is 5.91 Å². The second-order valence-electron chi connectivity index (χ2n) is 6.37. The first-order chi connectivity index (χ1) is 11.6. The molecule has 0 saturated carbocycles. The van der Waals surface area contributed by atoms with Gasteiger partial charge in [0.2, 0.25) is 5.89 Å². The lowest BCUT2D eigenvalue weighted by Gasteiger charge is -2.34. The summed E-state index contributed by atoms with van der Waals surface area (Å²) >= 11 is 0. The van der Waals surface area contributed by atoms with Crippen LogP contribution in [0.15, 0.2) is 28.7 Å². The number of hydrogen-bond acceptors (Lipinski definition) is 4. The molecule has 1 amide bonds. The van der Waals surface area contributed by atoms with Crippen LogP contribution < -0.4 is 0 Å². The van der Waals surface area contributed by atoms with Crippen LogP contribution in [0.5, 0.6) is 0 Å². The second kappa shape index (κ2) is 7.18. The van der Waals surface area contributed by atoms with E-state index in [-0.39, 0.29) is 5.91 Å². The minimum absolute atomic E-state index is 0.125. The number of nitrogens with zero attached hydrogens (tertiary/aromatic N) is 3. The highest BCUT2D eigenvalue weighted by Crippen LogP contribution is 2.14.